The summed E-state index contributed by atoms with van der Waals surface area (Å²) in [6.45, 7) is 10.2. The van der Waals surface area contributed by atoms with Gasteiger partial charge in [0.2, 0.25) is 0 Å². The molecule has 0 aliphatic carbocycles. The molecule has 2 heterocycles. The lowest BCUT2D eigenvalue weighted by atomic mass is 9.95. The molecule has 246 valence electrons. The lowest BCUT2D eigenvalue weighted by Crippen LogP contribution is -2.65. The fourth-order valence-electron chi connectivity index (χ4n) is 4.82. The topological polar surface area (TPSA) is 205 Å². The first kappa shape index (κ1) is 35.6. The van der Waals surface area contributed by atoms with E-state index in [0.29, 0.717) is 18.4 Å². The molecule has 1 aromatic rings. The highest BCUT2D eigenvalue weighted by Crippen LogP contribution is 2.34. The van der Waals surface area contributed by atoms with Crippen molar-refractivity contribution in [2.24, 2.45) is 0 Å². The maximum absolute atomic E-state index is 12.9. The van der Waals surface area contributed by atoms with Gasteiger partial charge in [-0.25, -0.2) is 4.79 Å². The molecule has 44 heavy (non-hydrogen) atoms. The standard InChI is InChI=1S/C31H44O13/c1-6-31(5,13-7-8-16(2)3)44-30-26(39)28(43-29-25(38)24(37)23(36)17(4)40-29)27(21(15-32)41-30)42-22(35)12-10-18-9-11-19(33)20(34)14-18/h6,8-12,14,17,21,23-30,32-34,36-39H,1,7,13,15H2,2-5H3/b12-10+. The summed E-state index contributed by atoms with van der Waals surface area (Å²) in [6.07, 6.45) is -7.79. The molecule has 0 bridgehead atoms. The van der Waals surface area contributed by atoms with Crippen molar-refractivity contribution in [3.05, 3.63) is 54.1 Å². The molecule has 2 aliphatic heterocycles. The highest BCUT2D eigenvalue weighted by atomic mass is 16.7. The molecule has 7 N–H and O–H groups in total. The minimum absolute atomic E-state index is 0.343. The van der Waals surface area contributed by atoms with Gasteiger partial charge in [-0.1, -0.05) is 23.8 Å². The van der Waals surface area contributed by atoms with Gasteiger partial charge in [0.1, 0.15) is 36.6 Å². The number of rotatable bonds is 12. The number of esters is 1. The Hall–Kier alpha value is -2.85. The van der Waals surface area contributed by atoms with E-state index in [1.807, 2.05) is 19.9 Å². The Balaban J connectivity index is 1.89. The average molecular weight is 625 g/mol. The van der Waals surface area contributed by atoms with Crippen LogP contribution in [-0.2, 0) is 28.5 Å². The number of phenolic OH excluding ortho intramolecular Hbond substituents is 2. The quantitative estimate of drug-likeness (QED) is 0.0752. The van der Waals surface area contributed by atoms with Gasteiger partial charge < -0.3 is 59.4 Å². The summed E-state index contributed by atoms with van der Waals surface area (Å²) < 4.78 is 29.0. The van der Waals surface area contributed by atoms with E-state index in [4.69, 9.17) is 23.7 Å². The van der Waals surface area contributed by atoms with Crippen LogP contribution < -0.4 is 0 Å². The van der Waals surface area contributed by atoms with Crippen LogP contribution in [-0.4, -0.2) is 115 Å². The van der Waals surface area contributed by atoms with Gasteiger partial charge in [-0.2, -0.15) is 0 Å². The zero-order chi connectivity index (χ0) is 32.8. The molecular weight excluding hydrogens is 580 g/mol. The predicted octanol–water partition coefficient (Wildman–Crippen LogP) is 1.02. The second kappa shape index (κ2) is 15.4. The second-order valence-corrected chi connectivity index (χ2v) is 11.4. The third-order valence-corrected chi connectivity index (χ3v) is 7.57. The van der Waals surface area contributed by atoms with E-state index in [9.17, 15) is 40.5 Å². The molecule has 13 heteroatoms. The number of aliphatic hydroxyl groups excluding tert-OH is 5. The number of carbonyl (C=O) groups is 1. The number of aromatic hydroxyl groups is 2. The maximum atomic E-state index is 12.9. The first-order valence-electron chi connectivity index (χ1n) is 14.3. The molecule has 2 aliphatic rings. The lowest BCUT2D eigenvalue weighted by molar-refractivity contribution is -0.364. The number of hydrogen-bond donors (Lipinski definition) is 7. The highest BCUT2D eigenvalue weighted by Gasteiger charge is 2.53. The summed E-state index contributed by atoms with van der Waals surface area (Å²) in [5.41, 5.74) is 0.460. The third-order valence-electron chi connectivity index (χ3n) is 7.57. The van der Waals surface area contributed by atoms with Crippen LogP contribution in [0.25, 0.3) is 6.08 Å². The van der Waals surface area contributed by atoms with Gasteiger partial charge in [-0.3, -0.25) is 0 Å². The number of ether oxygens (including phenoxy) is 5. The van der Waals surface area contributed by atoms with E-state index in [2.05, 4.69) is 6.58 Å². The van der Waals surface area contributed by atoms with Crippen molar-refractivity contribution < 1.29 is 64.2 Å². The van der Waals surface area contributed by atoms with Crippen molar-refractivity contribution in [3.63, 3.8) is 0 Å². The summed E-state index contributed by atoms with van der Waals surface area (Å²) in [5.74, 6) is -1.69. The Labute approximate surface area is 256 Å². The highest BCUT2D eigenvalue weighted by molar-refractivity contribution is 5.87. The lowest BCUT2D eigenvalue weighted by Gasteiger charge is -2.47. The molecule has 13 nitrogen and oxygen atoms in total. The average Bonchev–Trinajstić information content (AvgIpc) is 2.98. The summed E-state index contributed by atoms with van der Waals surface area (Å²) >= 11 is 0. The van der Waals surface area contributed by atoms with Crippen molar-refractivity contribution in [3.8, 4) is 11.5 Å². The number of allylic oxidation sites excluding steroid dienone is 2. The van der Waals surface area contributed by atoms with Crippen LogP contribution in [0.15, 0.2) is 48.6 Å². The molecule has 0 aromatic heterocycles. The fraction of sp³-hybridized carbons (Fsp3) is 0.581. The van der Waals surface area contributed by atoms with Crippen LogP contribution in [0.1, 0.15) is 46.1 Å². The molecule has 3 rings (SSSR count). The number of aliphatic hydroxyl groups is 5. The molecule has 1 aromatic carbocycles. The monoisotopic (exact) mass is 624 g/mol. The van der Waals surface area contributed by atoms with Crippen molar-refractivity contribution in [1.82, 2.24) is 0 Å². The van der Waals surface area contributed by atoms with Gasteiger partial charge >= 0.3 is 5.97 Å². The van der Waals surface area contributed by atoms with E-state index in [1.165, 1.54) is 31.2 Å². The van der Waals surface area contributed by atoms with Gasteiger partial charge in [-0.05, 0) is 64.3 Å². The fourth-order valence-corrected chi connectivity index (χ4v) is 4.82. The summed E-state index contributed by atoms with van der Waals surface area (Å²) in [6, 6.07) is 3.89. The largest absolute Gasteiger partial charge is 0.504 e. The molecular formula is C31H44O13. The zero-order valence-corrected chi connectivity index (χ0v) is 25.2. The number of benzene rings is 1. The summed E-state index contributed by atoms with van der Waals surface area (Å²) in [5, 5.41) is 71.9. The molecule has 11 atom stereocenters. The molecule has 2 fully saturated rings. The van der Waals surface area contributed by atoms with Gasteiger partial charge in [0.05, 0.1) is 18.3 Å². The summed E-state index contributed by atoms with van der Waals surface area (Å²) in [4.78, 5) is 12.9. The first-order valence-corrected chi connectivity index (χ1v) is 14.3. The van der Waals surface area contributed by atoms with Crippen LogP contribution >= 0.6 is 0 Å². The van der Waals surface area contributed by atoms with E-state index < -0.39 is 85.3 Å². The van der Waals surface area contributed by atoms with Crippen molar-refractivity contribution in [2.75, 3.05) is 6.61 Å². The Morgan fingerprint density at radius 2 is 1.70 bits per heavy atom. The van der Waals surface area contributed by atoms with E-state index in [1.54, 1.807) is 13.0 Å². The molecule has 2 saturated heterocycles. The van der Waals surface area contributed by atoms with E-state index in [0.717, 1.165) is 11.6 Å². The van der Waals surface area contributed by atoms with Gasteiger partial charge in [0.25, 0.3) is 0 Å². The minimum atomic E-state index is -1.75. The van der Waals surface area contributed by atoms with Crippen molar-refractivity contribution >= 4 is 12.0 Å². The van der Waals surface area contributed by atoms with Crippen LogP contribution in [0.2, 0.25) is 0 Å². The smallest absolute Gasteiger partial charge is 0.331 e. The maximum Gasteiger partial charge on any atom is 0.331 e. The predicted molar refractivity (Wildman–Crippen MR) is 156 cm³/mol. The van der Waals surface area contributed by atoms with E-state index in [-0.39, 0.29) is 5.75 Å². The molecule has 0 saturated carbocycles. The Kier molecular flexibility index (Phi) is 12.5. The first-order chi connectivity index (χ1) is 20.7. The van der Waals surface area contributed by atoms with Crippen LogP contribution in [0, 0.1) is 0 Å². The van der Waals surface area contributed by atoms with Crippen LogP contribution in [0.3, 0.4) is 0 Å². The number of hydrogen-bond acceptors (Lipinski definition) is 13. The number of phenols is 2. The van der Waals surface area contributed by atoms with Gasteiger partial charge in [-0.15, -0.1) is 6.58 Å². The Bertz CT molecular complexity index is 1180. The SMILES string of the molecule is C=CC(C)(CCC=C(C)C)OC1OC(CO)C(OC(=O)/C=C/c2ccc(O)c(O)c2)C(OC2OC(C)C(O)C(O)C2O)C1O. The normalized spacial score (nSPS) is 33.8. The third kappa shape index (κ3) is 8.87. The van der Waals surface area contributed by atoms with Crippen molar-refractivity contribution in [2.45, 2.75) is 108 Å². The Morgan fingerprint density at radius 1 is 1.00 bits per heavy atom. The zero-order valence-electron chi connectivity index (χ0n) is 25.2. The molecule has 0 radical (unpaired) electrons. The molecule has 11 unspecified atom stereocenters. The molecule has 0 amide bonds. The van der Waals surface area contributed by atoms with Gasteiger partial charge in [0, 0.05) is 6.08 Å². The molecule has 0 spiro atoms. The van der Waals surface area contributed by atoms with Crippen LogP contribution in [0.5, 0.6) is 11.5 Å². The number of carbonyl (C=O) groups excluding carboxylic acids is 1. The second-order valence-electron chi connectivity index (χ2n) is 11.4. The van der Waals surface area contributed by atoms with Gasteiger partial charge in [0.15, 0.2) is 30.2 Å². The Morgan fingerprint density at radius 3 is 2.32 bits per heavy atom. The summed E-state index contributed by atoms with van der Waals surface area (Å²) in [7, 11) is 0. The van der Waals surface area contributed by atoms with Crippen molar-refractivity contribution in [1.29, 1.82) is 0 Å². The van der Waals surface area contributed by atoms with E-state index >= 15 is 0 Å². The van der Waals surface area contributed by atoms with Crippen LogP contribution in [0.4, 0.5) is 0 Å². The minimum Gasteiger partial charge on any atom is -0.504 e.